The molecule has 148 valence electrons. The molecule has 28 heavy (non-hydrogen) atoms. The molecule has 2 aromatic carbocycles. The van der Waals surface area contributed by atoms with Crippen molar-refractivity contribution in [2.45, 2.75) is 11.1 Å². The maximum Gasteiger partial charge on any atom is 0.435 e. The summed E-state index contributed by atoms with van der Waals surface area (Å²) in [5.74, 6) is -3.45. The van der Waals surface area contributed by atoms with Gasteiger partial charge in [-0.15, -0.1) is 0 Å². The Balaban J connectivity index is 2.26. The summed E-state index contributed by atoms with van der Waals surface area (Å²) in [6.45, 7) is 0. The number of hydrogen-bond donors (Lipinski definition) is 1. The fraction of sp³-hybridized carbons (Fsp3) is 0.0625. The molecule has 0 aliphatic heterocycles. The molecule has 0 bridgehead atoms. The largest absolute Gasteiger partial charge is 0.435 e. The number of rotatable bonds is 3. The summed E-state index contributed by atoms with van der Waals surface area (Å²) in [5.41, 5.74) is -2.39. The van der Waals surface area contributed by atoms with Crippen LogP contribution in [0.3, 0.4) is 0 Å². The van der Waals surface area contributed by atoms with Gasteiger partial charge in [0, 0.05) is 11.6 Å². The van der Waals surface area contributed by atoms with E-state index < -0.39 is 44.2 Å². The summed E-state index contributed by atoms with van der Waals surface area (Å²) < 4.78 is 103. The normalized spacial score (nSPS) is 12.4. The molecule has 0 aliphatic carbocycles. The highest BCUT2D eigenvalue weighted by Crippen LogP contribution is 2.34. The number of primary sulfonamides is 1. The van der Waals surface area contributed by atoms with Gasteiger partial charge in [-0.3, -0.25) is 0 Å². The minimum atomic E-state index is -4.90. The highest BCUT2D eigenvalue weighted by atomic mass is 32.2. The lowest BCUT2D eigenvalue weighted by Gasteiger charge is -2.09. The van der Waals surface area contributed by atoms with E-state index in [0.717, 1.165) is 24.3 Å². The molecule has 3 aromatic rings. The molecule has 0 saturated heterocycles. The topological polar surface area (TPSA) is 78.0 Å². The van der Waals surface area contributed by atoms with Crippen molar-refractivity contribution in [3.63, 3.8) is 0 Å². The van der Waals surface area contributed by atoms with E-state index in [4.69, 9.17) is 5.14 Å². The maximum atomic E-state index is 14.1. The summed E-state index contributed by atoms with van der Waals surface area (Å²) >= 11 is 0. The SMILES string of the molecule is NS(=O)(=O)c1ccc(-c2cc(C(F)(F)F)nn2-c2cc(F)cc(F)c2)cc1F. The van der Waals surface area contributed by atoms with E-state index in [1.165, 1.54) is 0 Å². The van der Waals surface area contributed by atoms with E-state index in [1.807, 2.05) is 0 Å². The number of nitrogens with two attached hydrogens (primary N) is 1. The number of nitrogens with zero attached hydrogens (tertiary/aromatic N) is 2. The second-order valence-corrected chi connectivity index (χ2v) is 7.17. The quantitative estimate of drug-likeness (QED) is 0.657. The van der Waals surface area contributed by atoms with Crippen LogP contribution in [0.25, 0.3) is 16.9 Å². The van der Waals surface area contributed by atoms with E-state index in [9.17, 15) is 34.8 Å². The summed E-state index contributed by atoms with van der Waals surface area (Å²) in [6, 6.07) is 4.89. The van der Waals surface area contributed by atoms with E-state index in [-0.39, 0.29) is 16.9 Å². The molecule has 12 heteroatoms. The van der Waals surface area contributed by atoms with Gasteiger partial charge in [0.25, 0.3) is 0 Å². The van der Waals surface area contributed by atoms with Gasteiger partial charge in [0.15, 0.2) is 5.69 Å². The molecule has 1 heterocycles. The van der Waals surface area contributed by atoms with Crippen molar-refractivity contribution in [2.75, 3.05) is 0 Å². The predicted molar refractivity (Wildman–Crippen MR) is 85.2 cm³/mol. The third-order valence-electron chi connectivity index (χ3n) is 3.63. The molecule has 2 N–H and O–H groups in total. The minimum absolute atomic E-state index is 0.224. The summed E-state index contributed by atoms with van der Waals surface area (Å²) in [7, 11) is -4.40. The molecule has 0 amide bonds. The van der Waals surface area contributed by atoms with Crippen LogP contribution in [0, 0.1) is 17.5 Å². The molecule has 0 aliphatic rings. The van der Waals surface area contributed by atoms with E-state index >= 15 is 0 Å². The third-order valence-corrected chi connectivity index (χ3v) is 4.57. The second-order valence-electron chi connectivity index (χ2n) is 5.64. The highest BCUT2D eigenvalue weighted by Gasteiger charge is 2.35. The lowest BCUT2D eigenvalue weighted by Crippen LogP contribution is -2.14. The van der Waals surface area contributed by atoms with Gasteiger partial charge in [0.05, 0.1) is 11.4 Å². The lowest BCUT2D eigenvalue weighted by atomic mass is 10.1. The number of aromatic nitrogens is 2. The van der Waals surface area contributed by atoms with Crippen LogP contribution in [0.15, 0.2) is 47.4 Å². The molecule has 0 saturated carbocycles. The fourth-order valence-corrected chi connectivity index (χ4v) is 3.06. The number of alkyl halides is 3. The third kappa shape index (κ3) is 3.87. The van der Waals surface area contributed by atoms with Gasteiger partial charge >= 0.3 is 6.18 Å². The lowest BCUT2D eigenvalue weighted by molar-refractivity contribution is -0.141. The van der Waals surface area contributed by atoms with Crippen molar-refractivity contribution in [1.82, 2.24) is 9.78 Å². The first-order valence-electron chi connectivity index (χ1n) is 7.33. The number of halogens is 6. The number of hydrogen-bond acceptors (Lipinski definition) is 3. The van der Waals surface area contributed by atoms with Gasteiger partial charge in [0.2, 0.25) is 10.0 Å². The zero-order chi connectivity index (χ0) is 20.9. The molecule has 0 atom stereocenters. The van der Waals surface area contributed by atoms with Crippen LogP contribution in [0.4, 0.5) is 26.3 Å². The van der Waals surface area contributed by atoms with Crippen molar-refractivity contribution in [3.05, 3.63) is 65.6 Å². The fourth-order valence-electron chi connectivity index (χ4n) is 2.47. The van der Waals surface area contributed by atoms with E-state index in [0.29, 0.717) is 22.9 Å². The van der Waals surface area contributed by atoms with Gasteiger partial charge in [-0.2, -0.15) is 18.3 Å². The molecule has 5 nitrogen and oxygen atoms in total. The second kappa shape index (κ2) is 6.63. The number of benzene rings is 2. The Labute approximate surface area is 154 Å². The first-order chi connectivity index (χ1) is 12.9. The van der Waals surface area contributed by atoms with Crippen LogP contribution < -0.4 is 5.14 Å². The Hall–Kier alpha value is -2.86. The van der Waals surface area contributed by atoms with Gasteiger partial charge in [-0.1, -0.05) is 6.07 Å². The zero-order valence-electron chi connectivity index (χ0n) is 13.5. The molecular formula is C16H9F6N3O2S. The minimum Gasteiger partial charge on any atom is -0.232 e. The van der Waals surface area contributed by atoms with Crippen LogP contribution in [-0.2, 0) is 16.2 Å². The number of sulfonamides is 1. The van der Waals surface area contributed by atoms with Crippen LogP contribution in [-0.4, -0.2) is 18.2 Å². The average molecular weight is 421 g/mol. The Kier molecular flexibility index (Phi) is 4.71. The first-order valence-corrected chi connectivity index (χ1v) is 8.87. The summed E-state index contributed by atoms with van der Waals surface area (Å²) in [6.07, 6.45) is -4.90. The molecule has 0 spiro atoms. The average Bonchev–Trinajstić information content (AvgIpc) is 2.98. The standard InChI is InChI=1S/C16H9F6N3O2S/c17-9-4-10(18)6-11(5-9)25-13(7-15(24-25)16(20,21)22)8-1-2-14(12(19)3-8)28(23,26)27/h1-7H,(H2,23,26,27). The molecule has 3 rings (SSSR count). The molecule has 0 radical (unpaired) electrons. The Morgan fingerprint density at radius 2 is 1.54 bits per heavy atom. The molecule has 0 fully saturated rings. The smallest absolute Gasteiger partial charge is 0.232 e. The first kappa shape index (κ1) is 19.9. The molecule has 1 aromatic heterocycles. The van der Waals surface area contributed by atoms with Gasteiger partial charge < -0.3 is 0 Å². The monoisotopic (exact) mass is 421 g/mol. The molecular weight excluding hydrogens is 412 g/mol. The van der Waals surface area contributed by atoms with Crippen molar-refractivity contribution in [2.24, 2.45) is 5.14 Å². The summed E-state index contributed by atoms with van der Waals surface area (Å²) in [5, 5.41) is 8.15. The molecule has 0 unspecified atom stereocenters. The maximum absolute atomic E-state index is 14.1. The van der Waals surface area contributed by atoms with E-state index in [2.05, 4.69) is 5.10 Å². The van der Waals surface area contributed by atoms with E-state index in [1.54, 1.807) is 0 Å². The van der Waals surface area contributed by atoms with Gasteiger partial charge in [-0.25, -0.2) is 31.4 Å². The van der Waals surface area contributed by atoms with Crippen molar-refractivity contribution < 1.29 is 34.8 Å². The van der Waals surface area contributed by atoms with Gasteiger partial charge in [-0.05, 0) is 30.3 Å². The van der Waals surface area contributed by atoms with Crippen molar-refractivity contribution in [3.8, 4) is 16.9 Å². The van der Waals surface area contributed by atoms with Crippen LogP contribution in [0.5, 0.6) is 0 Å². The Bertz CT molecular complexity index is 1150. The Morgan fingerprint density at radius 3 is 2.04 bits per heavy atom. The Morgan fingerprint density at radius 1 is 0.929 bits per heavy atom. The predicted octanol–water partition coefficient (Wildman–Crippen LogP) is 3.62. The van der Waals surface area contributed by atoms with Crippen molar-refractivity contribution >= 4 is 10.0 Å². The van der Waals surface area contributed by atoms with Gasteiger partial charge in [0.1, 0.15) is 22.3 Å². The summed E-state index contributed by atoms with van der Waals surface area (Å²) in [4.78, 5) is -0.866. The van der Waals surface area contributed by atoms with Crippen LogP contribution in [0.2, 0.25) is 0 Å². The van der Waals surface area contributed by atoms with Crippen LogP contribution in [0.1, 0.15) is 5.69 Å². The zero-order valence-corrected chi connectivity index (χ0v) is 14.3. The van der Waals surface area contributed by atoms with Crippen molar-refractivity contribution in [1.29, 1.82) is 0 Å². The highest BCUT2D eigenvalue weighted by molar-refractivity contribution is 7.89. The van der Waals surface area contributed by atoms with Crippen LogP contribution >= 0.6 is 0 Å².